The zero-order valence-electron chi connectivity index (χ0n) is 11.6. The highest BCUT2D eigenvalue weighted by molar-refractivity contribution is 4.66. The Morgan fingerprint density at radius 3 is 1.87 bits per heavy atom. The first-order valence-corrected chi connectivity index (χ1v) is 6.32. The standard InChI is InChI=1S/C13H30N2/c1-7-13(14(4)5)9-11-15(6)10-8-12(2)3/h12-13H,7-11H2,1-6H3. The molecular formula is C13H30N2. The van der Waals surface area contributed by atoms with Gasteiger partial charge in [0.1, 0.15) is 0 Å². The van der Waals surface area contributed by atoms with Gasteiger partial charge in [0.2, 0.25) is 0 Å². The summed E-state index contributed by atoms with van der Waals surface area (Å²) >= 11 is 0. The van der Waals surface area contributed by atoms with Crippen LogP contribution in [0, 0.1) is 5.92 Å². The Morgan fingerprint density at radius 2 is 1.47 bits per heavy atom. The Kier molecular flexibility index (Phi) is 8.07. The van der Waals surface area contributed by atoms with E-state index in [1.165, 1.54) is 32.4 Å². The monoisotopic (exact) mass is 214 g/mol. The second-order valence-electron chi connectivity index (χ2n) is 5.30. The van der Waals surface area contributed by atoms with E-state index in [-0.39, 0.29) is 0 Å². The van der Waals surface area contributed by atoms with E-state index in [9.17, 15) is 0 Å². The lowest BCUT2D eigenvalue weighted by atomic mass is 10.1. The lowest BCUT2D eigenvalue weighted by Gasteiger charge is -2.26. The maximum absolute atomic E-state index is 2.46. The molecule has 0 aromatic heterocycles. The van der Waals surface area contributed by atoms with Crippen molar-refractivity contribution in [2.45, 2.75) is 46.1 Å². The molecule has 0 N–H and O–H groups in total. The molecular weight excluding hydrogens is 184 g/mol. The highest BCUT2D eigenvalue weighted by Crippen LogP contribution is 2.06. The van der Waals surface area contributed by atoms with E-state index in [1.54, 1.807) is 0 Å². The van der Waals surface area contributed by atoms with E-state index < -0.39 is 0 Å². The Morgan fingerprint density at radius 1 is 0.933 bits per heavy atom. The molecule has 0 spiro atoms. The third kappa shape index (κ3) is 7.80. The summed E-state index contributed by atoms with van der Waals surface area (Å²) in [7, 11) is 6.61. The van der Waals surface area contributed by atoms with Crippen LogP contribution in [0.25, 0.3) is 0 Å². The largest absolute Gasteiger partial charge is 0.306 e. The lowest BCUT2D eigenvalue weighted by Crippen LogP contribution is -2.32. The molecule has 0 heterocycles. The highest BCUT2D eigenvalue weighted by atomic mass is 15.1. The fourth-order valence-electron chi connectivity index (χ4n) is 1.79. The van der Waals surface area contributed by atoms with E-state index in [0.717, 1.165) is 12.0 Å². The molecule has 0 aliphatic heterocycles. The summed E-state index contributed by atoms with van der Waals surface area (Å²) < 4.78 is 0. The van der Waals surface area contributed by atoms with Crippen LogP contribution in [0.2, 0.25) is 0 Å². The highest BCUT2D eigenvalue weighted by Gasteiger charge is 2.09. The van der Waals surface area contributed by atoms with Crippen molar-refractivity contribution in [1.29, 1.82) is 0 Å². The van der Waals surface area contributed by atoms with Gasteiger partial charge in [-0.15, -0.1) is 0 Å². The van der Waals surface area contributed by atoms with Gasteiger partial charge in [-0.3, -0.25) is 0 Å². The van der Waals surface area contributed by atoms with Crippen molar-refractivity contribution in [2.24, 2.45) is 5.92 Å². The normalized spacial score (nSPS) is 14.2. The smallest absolute Gasteiger partial charge is 0.00987 e. The summed E-state index contributed by atoms with van der Waals surface area (Å²) in [5.41, 5.74) is 0. The molecule has 0 radical (unpaired) electrons. The van der Waals surface area contributed by atoms with E-state index in [4.69, 9.17) is 0 Å². The van der Waals surface area contributed by atoms with E-state index >= 15 is 0 Å². The van der Waals surface area contributed by atoms with Crippen molar-refractivity contribution in [2.75, 3.05) is 34.2 Å². The van der Waals surface area contributed by atoms with Crippen molar-refractivity contribution in [3.05, 3.63) is 0 Å². The maximum atomic E-state index is 2.46. The zero-order valence-corrected chi connectivity index (χ0v) is 11.6. The predicted octanol–water partition coefficient (Wildman–Crippen LogP) is 2.69. The molecule has 2 heteroatoms. The fraction of sp³-hybridized carbons (Fsp3) is 1.00. The Bertz CT molecular complexity index is 143. The molecule has 0 aliphatic carbocycles. The third-order valence-electron chi connectivity index (χ3n) is 3.13. The van der Waals surface area contributed by atoms with Crippen LogP contribution >= 0.6 is 0 Å². The minimum absolute atomic E-state index is 0.742. The van der Waals surface area contributed by atoms with Crippen LogP contribution in [-0.4, -0.2) is 50.1 Å². The summed E-state index contributed by atoms with van der Waals surface area (Å²) in [6.45, 7) is 9.33. The van der Waals surface area contributed by atoms with Crippen LogP contribution < -0.4 is 0 Å². The second kappa shape index (κ2) is 8.12. The van der Waals surface area contributed by atoms with E-state index in [2.05, 4.69) is 51.7 Å². The first-order chi connectivity index (χ1) is 6.97. The Balaban J connectivity index is 3.63. The predicted molar refractivity (Wildman–Crippen MR) is 69.3 cm³/mol. The van der Waals surface area contributed by atoms with Crippen molar-refractivity contribution in [1.82, 2.24) is 9.80 Å². The molecule has 0 saturated heterocycles. The zero-order chi connectivity index (χ0) is 11.8. The van der Waals surface area contributed by atoms with Crippen molar-refractivity contribution >= 4 is 0 Å². The lowest BCUT2D eigenvalue weighted by molar-refractivity contribution is 0.226. The summed E-state index contributed by atoms with van der Waals surface area (Å²) in [5, 5.41) is 0. The summed E-state index contributed by atoms with van der Waals surface area (Å²) in [6, 6.07) is 0.742. The van der Waals surface area contributed by atoms with Gasteiger partial charge in [0.15, 0.2) is 0 Å². The molecule has 15 heavy (non-hydrogen) atoms. The molecule has 1 unspecified atom stereocenters. The summed E-state index contributed by atoms with van der Waals surface area (Å²) in [4.78, 5) is 4.81. The van der Waals surface area contributed by atoms with Gasteiger partial charge in [-0.2, -0.15) is 0 Å². The van der Waals surface area contributed by atoms with Crippen LogP contribution in [0.3, 0.4) is 0 Å². The molecule has 0 aromatic rings. The number of rotatable bonds is 8. The van der Waals surface area contributed by atoms with Crippen LogP contribution in [-0.2, 0) is 0 Å². The first-order valence-electron chi connectivity index (χ1n) is 6.32. The van der Waals surface area contributed by atoms with Gasteiger partial charge in [-0.25, -0.2) is 0 Å². The molecule has 92 valence electrons. The van der Waals surface area contributed by atoms with Gasteiger partial charge in [0.05, 0.1) is 0 Å². The molecule has 0 aliphatic rings. The van der Waals surface area contributed by atoms with Crippen LogP contribution in [0.1, 0.15) is 40.0 Å². The van der Waals surface area contributed by atoms with E-state index in [0.29, 0.717) is 0 Å². The van der Waals surface area contributed by atoms with Gasteiger partial charge in [0.25, 0.3) is 0 Å². The number of hydrogen-bond acceptors (Lipinski definition) is 2. The van der Waals surface area contributed by atoms with Crippen molar-refractivity contribution in [3.8, 4) is 0 Å². The minimum Gasteiger partial charge on any atom is -0.306 e. The van der Waals surface area contributed by atoms with Gasteiger partial charge < -0.3 is 9.80 Å². The molecule has 0 saturated carbocycles. The topological polar surface area (TPSA) is 6.48 Å². The summed E-state index contributed by atoms with van der Waals surface area (Å²) in [6.07, 6.45) is 3.86. The summed E-state index contributed by atoms with van der Waals surface area (Å²) in [5.74, 6) is 0.822. The quantitative estimate of drug-likeness (QED) is 0.613. The SMILES string of the molecule is CCC(CCN(C)CCC(C)C)N(C)C. The molecule has 0 rings (SSSR count). The average Bonchev–Trinajstić information content (AvgIpc) is 2.15. The molecule has 0 fully saturated rings. The molecule has 1 atom stereocenters. The molecule has 0 aromatic carbocycles. The van der Waals surface area contributed by atoms with Crippen molar-refractivity contribution < 1.29 is 0 Å². The number of nitrogens with zero attached hydrogens (tertiary/aromatic N) is 2. The Hall–Kier alpha value is -0.0800. The number of hydrogen-bond donors (Lipinski definition) is 0. The Labute approximate surface area is 96.6 Å². The average molecular weight is 214 g/mol. The third-order valence-corrected chi connectivity index (χ3v) is 3.13. The molecule has 0 amide bonds. The van der Waals surface area contributed by atoms with E-state index in [1.807, 2.05) is 0 Å². The maximum Gasteiger partial charge on any atom is 0.00987 e. The minimum atomic E-state index is 0.742. The van der Waals surface area contributed by atoms with Crippen LogP contribution in [0.5, 0.6) is 0 Å². The molecule has 2 nitrogen and oxygen atoms in total. The van der Waals surface area contributed by atoms with Crippen LogP contribution in [0.15, 0.2) is 0 Å². The fourth-order valence-corrected chi connectivity index (χ4v) is 1.79. The first kappa shape index (κ1) is 14.9. The van der Waals surface area contributed by atoms with Crippen molar-refractivity contribution in [3.63, 3.8) is 0 Å². The van der Waals surface area contributed by atoms with Gasteiger partial charge >= 0.3 is 0 Å². The molecule has 0 bridgehead atoms. The van der Waals surface area contributed by atoms with Gasteiger partial charge in [-0.1, -0.05) is 20.8 Å². The van der Waals surface area contributed by atoms with Crippen LogP contribution in [0.4, 0.5) is 0 Å². The second-order valence-corrected chi connectivity index (χ2v) is 5.30. The van der Waals surface area contributed by atoms with Gasteiger partial charge in [0, 0.05) is 6.04 Å². The van der Waals surface area contributed by atoms with Gasteiger partial charge in [-0.05, 0) is 59.4 Å².